The van der Waals surface area contributed by atoms with E-state index >= 15 is 0 Å². The number of primary amides is 1. The van der Waals surface area contributed by atoms with E-state index < -0.39 is 15.7 Å². The summed E-state index contributed by atoms with van der Waals surface area (Å²) >= 11 is 0. The lowest BCUT2D eigenvalue weighted by Crippen LogP contribution is -2.47. The maximum atomic E-state index is 12.1. The van der Waals surface area contributed by atoms with Crippen LogP contribution in [0.4, 0.5) is 0 Å². The molecule has 1 fully saturated rings. The molecule has 0 unspecified atom stereocenters. The first kappa shape index (κ1) is 21.1. The van der Waals surface area contributed by atoms with Gasteiger partial charge >= 0.3 is 0 Å². The molecule has 2 aliphatic rings. The molecule has 2 N–H and O–H groups in total. The number of benzene rings is 1. The van der Waals surface area contributed by atoms with E-state index in [-0.39, 0.29) is 22.5 Å². The summed E-state index contributed by atoms with van der Waals surface area (Å²) in [6.45, 7) is 4.52. The molecule has 1 aromatic rings. The summed E-state index contributed by atoms with van der Waals surface area (Å²) in [5.41, 5.74) is 9.31. The third-order valence-corrected chi connectivity index (χ3v) is 8.30. The van der Waals surface area contributed by atoms with Crippen LogP contribution in [0.15, 0.2) is 24.3 Å². The summed E-state index contributed by atoms with van der Waals surface area (Å²) in [5.74, 6) is -0.0402. The lowest BCUT2D eigenvalue weighted by Gasteiger charge is -2.43. The van der Waals surface area contributed by atoms with Crippen LogP contribution in [0.1, 0.15) is 67.4 Å². The van der Waals surface area contributed by atoms with Crippen molar-refractivity contribution in [1.82, 2.24) is 4.90 Å². The van der Waals surface area contributed by atoms with Crippen molar-refractivity contribution >= 4 is 21.3 Å². The first-order valence-electron chi connectivity index (χ1n) is 9.97. The van der Waals surface area contributed by atoms with Gasteiger partial charge in [0.15, 0.2) is 0 Å². The molecule has 3 rings (SSSR count). The monoisotopic (exact) mass is 404 g/mol. The van der Waals surface area contributed by atoms with E-state index in [1.807, 2.05) is 26.2 Å². The van der Waals surface area contributed by atoms with Gasteiger partial charge in [-0.05, 0) is 80.4 Å². The molecule has 0 radical (unpaired) electrons. The third kappa shape index (κ3) is 4.03. The molecule has 0 aromatic heterocycles. The van der Waals surface area contributed by atoms with Gasteiger partial charge < -0.3 is 5.73 Å². The van der Waals surface area contributed by atoms with Crippen LogP contribution < -0.4 is 5.73 Å². The predicted molar refractivity (Wildman–Crippen MR) is 114 cm³/mol. The van der Waals surface area contributed by atoms with Crippen molar-refractivity contribution in [3.8, 4) is 0 Å². The minimum atomic E-state index is -2.97. The van der Waals surface area contributed by atoms with E-state index in [1.165, 1.54) is 5.57 Å². The number of carbonyl (C=O) groups is 1. The molecule has 1 heterocycles. The van der Waals surface area contributed by atoms with Crippen molar-refractivity contribution in [3.63, 3.8) is 0 Å². The molecule has 1 saturated heterocycles. The van der Waals surface area contributed by atoms with Crippen LogP contribution in [-0.2, 0) is 15.4 Å². The summed E-state index contributed by atoms with van der Waals surface area (Å²) in [4.78, 5) is 14.2. The largest absolute Gasteiger partial charge is 0.366 e. The van der Waals surface area contributed by atoms with Gasteiger partial charge in [-0.2, -0.15) is 0 Å². The van der Waals surface area contributed by atoms with Crippen LogP contribution in [0.3, 0.4) is 0 Å². The quantitative estimate of drug-likeness (QED) is 0.834. The molecule has 1 aromatic carbocycles. The number of hydrogen-bond donors (Lipinski definition) is 1. The fourth-order valence-electron chi connectivity index (χ4n) is 4.51. The highest BCUT2D eigenvalue weighted by atomic mass is 32.2. The smallest absolute Gasteiger partial charge is 0.249 e. The van der Waals surface area contributed by atoms with Crippen LogP contribution in [0.2, 0.25) is 0 Å². The van der Waals surface area contributed by atoms with Crippen LogP contribution in [-0.4, -0.2) is 44.8 Å². The maximum Gasteiger partial charge on any atom is 0.249 e. The lowest BCUT2D eigenvalue weighted by atomic mass is 9.75. The maximum absolute atomic E-state index is 12.1. The van der Waals surface area contributed by atoms with Crippen LogP contribution in [0.5, 0.6) is 0 Å². The Morgan fingerprint density at radius 3 is 2.25 bits per heavy atom. The van der Waals surface area contributed by atoms with Crippen LogP contribution in [0.25, 0.3) is 5.57 Å². The third-order valence-electron chi connectivity index (χ3n) is 6.65. The average Bonchev–Trinajstić information content (AvgIpc) is 2.61. The van der Waals surface area contributed by atoms with Gasteiger partial charge in [0.1, 0.15) is 9.84 Å². The number of allylic oxidation sites excluding steroid dienone is 2. The van der Waals surface area contributed by atoms with Crippen LogP contribution >= 0.6 is 0 Å². The number of carbonyl (C=O) groups excluding carboxylic acids is 1. The minimum Gasteiger partial charge on any atom is -0.366 e. The molecule has 28 heavy (non-hydrogen) atoms. The Kier molecular flexibility index (Phi) is 5.49. The summed E-state index contributed by atoms with van der Waals surface area (Å²) in [5, 5.41) is 0. The highest BCUT2D eigenvalue weighted by molar-refractivity contribution is 7.91. The van der Waals surface area contributed by atoms with Crippen molar-refractivity contribution in [2.75, 3.05) is 25.6 Å². The Labute approximate surface area is 168 Å². The molecular weight excluding hydrogens is 372 g/mol. The van der Waals surface area contributed by atoms with E-state index in [1.54, 1.807) is 0 Å². The molecule has 1 amide bonds. The van der Waals surface area contributed by atoms with Gasteiger partial charge in [-0.1, -0.05) is 26.0 Å². The van der Waals surface area contributed by atoms with Crippen molar-refractivity contribution in [2.24, 2.45) is 11.1 Å². The zero-order valence-electron chi connectivity index (χ0n) is 17.4. The first-order chi connectivity index (χ1) is 13.0. The van der Waals surface area contributed by atoms with Crippen molar-refractivity contribution < 1.29 is 13.2 Å². The van der Waals surface area contributed by atoms with Gasteiger partial charge in [-0.15, -0.1) is 0 Å². The van der Waals surface area contributed by atoms with Gasteiger partial charge in [-0.3, -0.25) is 9.69 Å². The summed E-state index contributed by atoms with van der Waals surface area (Å²) < 4.78 is 24.0. The number of amides is 1. The Morgan fingerprint density at radius 1 is 1.11 bits per heavy atom. The molecule has 0 saturated carbocycles. The number of rotatable bonds is 4. The predicted octanol–water partition coefficient (Wildman–Crippen LogP) is 3.34. The average molecular weight is 405 g/mol. The van der Waals surface area contributed by atoms with Crippen molar-refractivity contribution in [2.45, 2.75) is 51.5 Å². The zero-order chi connectivity index (χ0) is 20.7. The molecule has 1 aliphatic heterocycles. The first-order valence-corrected chi connectivity index (χ1v) is 11.8. The fraction of sp³-hybridized carbons (Fsp3) is 0.591. The second-order valence-electron chi connectivity index (χ2n) is 9.30. The van der Waals surface area contributed by atoms with Gasteiger partial charge in [-0.25, -0.2) is 8.42 Å². The minimum absolute atomic E-state index is 0.189. The van der Waals surface area contributed by atoms with E-state index in [0.717, 1.165) is 30.4 Å². The summed E-state index contributed by atoms with van der Waals surface area (Å²) in [7, 11) is 1.03. The van der Waals surface area contributed by atoms with Gasteiger partial charge in [0, 0.05) is 11.1 Å². The zero-order valence-corrected chi connectivity index (χ0v) is 18.2. The van der Waals surface area contributed by atoms with E-state index in [4.69, 9.17) is 5.73 Å². The number of hydrogen-bond acceptors (Lipinski definition) is 4. The Hall–Kier alpha value is -1.66. The molecular formula is C22H32N2O3S. The molecule has 0 bridgehead atoms. The van der Waals surface area contributed by atoms with Crippen molar-refractivity contribution in [1.29, 1.82) is 0 Å². The number of nitrogens with zero attached hydrogens (tertiary/aromatic N) is 1. The number of sulfone groups is 1. The molecule has 0 atom stereocenters. The van der Waals surface area contributed by atoms with E-state index in [2.05, 4.69) is 30.9 Å². The van der Waals surface area contributed by atoms with E-state index in [0.29, 0.717) is 18.4 Å². The Bertz CT molecular complexity index is 900. The summed E-state index contributed by atoms with van der Waals surface area (Å²) in [6, 6.07) is 5.86. The van der Waals surface area contributed by atoms with Gasteiger partial charge in [0.05, 0.1) is 11.5 Å². The molecule has 5 nitrogen and oxygen atoms in total. The Balaban J connectivity index is 2.08. The second-order valence-corrected chi connectivity index (χ2v) is 11.6. The van der Waals surface area contributed by atoms with E-state index in [9.17, 15) is 13.2 Å². The molecule has 154 valence electrons. The lowest BCUT2D eigenvalue weighted by molar-refractivity contribution is 0.0999. The number of nitrogens with two attached hydrogens (primary N) is 1. The van der Waals surface area contributed by atoms with Crippen molar-refractivity contribution in [3.05, 3.63) is 41.0 Å². The molecule has 1 aliphatic carbocycles. The highest BCUT2D eigenvalue weighted by Crippen LogP contribution is 2.42. The SMILES string of the molecule is CN(C)C1(c2ccc(C(N)=O)c(C3=CCC(C)(C)CC3)c2)CCS(=O)(=O)CC1. The van der Waals surface area contributed by atoms with Gasteiger partial charge in [0.2, 0.25) is 5.91 Å². The van der Waals surface area contributed by atoms with Crippen LogP contribution in [0, 0.1) is 5.41 Å². The summed E-state index contributed by atoms with van der Waals surface area (Å²) in [6.07, 6.45) is 6.32. The normalized spacial score (nSPS) is 23.2. The molecule has 0 spiro atoms. The highest BCUT2D eigenvalue weighted by Gasteiger charge is 2.41. The standard InChI is InChI=1S/C22H32N2O3S/c1-21(2)9-7-16(8-10-21)19-15-17(5-6-18(19)20(23)25)22(24(3)4)11-13-28(26,27)14-12-22/h5-7,15H,8-14H2,1-4H3,(H2,23,25). The topological polar surface area (TPSA) is 80.5 Å². The fourth-order valence-corrected chi connectivity index (χ4v) is 6.01. The van der Waals surface area contributed by atoms with Gasteiger partial charge in [0.25, 0.3) is 0 Å². The second kappa shape index (κ2) is 7.30. The Morgan fingerprint density at radius 2 is 1.75 bits per heavy atom. The molecule has 6 heteroatoms.